The van der Waals surface area contributed by atoms with Crippen molar-refractivity contribution in [3.05, 3.63) is 24.0 Å². The number of piperazine rings is 1. The summed E-state index contributed by atoms with van der Waals surface area (Å²) in [4.78, 5) is 14.6. The van der Waals surface area contributed by atoms with E-state index in [0.29, 0.717) is 32.1 Å². The second-order valence-electron chi connectivity index (χ2n) is 5.87. The average Bonchev–Trinajstić information content (AvgIpc) is 3.04. The van der Waals surface area contributed by atoms with E-state index in [2.05, 4.69) is 29.5 Å². The Labute approximate surface area is 142 Å². The lowest BCUT2D eigenvalue weighted by atomic mass is 10.3. The Morgan fingerprint density at radius 1 is 1.16 bits per heavy atom. The Bertz CT molecular complexity index is 710. The van der Waals surface area contributed by atoms with Crippen LogP contribution in [0.25, 0.3) is 0 Å². The molecule has 1 aliphatic rings. The van der Waals surface area contributed by atoms with E-state index in [0.717, 1.165) is 5.82 Å². The summed E-state index contributed by atoms with van der Waals surface area (Å²) in [7, 11) is 3.74. The molecule has 2 aromatic heterocycles. The number of hydrogen-bond acceptors (Lipinski definition) is 8. The van der Waals surface area contributed by atoms with Crippen molar-refractivity contribution < 1.29 is 17.6 Å². The van der Waals surface area contributed by atoms with E-state index in [9.17, 15) is 13.2 Å². The molecular formula is C14H18F3N7O. The minimum atomic E-state index is -4.61. The number of halogens is 3. The summed E-state index contributed by atoms with van der Waals surface area (Å²) in [5.41, 5.74) is 0. The number of anilines is 2. The fourth-order valence-corrected chi connectivity index (χ4v) is 2.49. The van der Waals surface area contributed by atoms with E-state index in [1.807, 2.05) is 30.0 Å². The maximum atomic E-state index is 12.5. The topological polar surface area (TPSA) is 74.4 Å². The summed E-state index contributed by atoms with van der Waals surface area (Å²) < 4.78 is 42.1. The van der Waals surface area contributed by atoms with Crippen LogP contribution in [0.15, 0.2) is 16.7 Å². The summed E-state index contributed by atoms with van der Waals surface area (Å²) >= 11 is 0. The third-order valence-corrected chi connectivity index (χ3v) is 3.79. The van der Waals surface area contributed by atoms with Crippen LogP contribution in [0, 0.1) is 0 Å². The van der Waals surface area contributed by atoms with Gasteiger partial charge in [0.05, 0.1) is 6.54 Å². The van der Waals surface area contributed by atoms with E-state index in [-0.39, 0.29) is 12.4 Å². The molecule has 0 aliphatic carbocycles. The SMILES string of the molecule is CN(C)c1nccc(N2CCN(Cc3nnc(C(F)(F)F)o3)CC2)n1. The highest BCUT2D eigenvalue weighted by Gasteiger charge is 2.38. The largest absolute Gasteiger partial charge is 0.470 e. The Morgan fingerprint density at radius 2 is 1.88 bits per heavy atom. The molecule has 11 heteroatoms. The molecule has 3 heterocycles. The Hall–Kier alpha value is -2.43. The number of alkyl halides is 3. The third kappa shape index (κ3) is 4.16. The predicted molar refractivity (Wildman–Crippen MR) is 83.1 cm³/mol. The lowest BCUT2D eigenvalue weighted by molar-refractivity contribution is -0.157. The zero-order valence-corrected chi connectivity index (χ0v) is 13.9. The molecule has 3 rings (SSSR count). The highest BCUT2D eigenvalue weighted by Crippen LogP contribution is 2.28. The van der Waals surface area contributed by atoms with Crippen LogP contribution in [-0.2, 0) is 12.7 Å². The smallest absolute Gasteiger partial charge is 0.416 e. The first kappa shape index (κ1) is 17.4. The van der Waals surface area contributed by atoms with E-state index in [1.165, 1.54) is 0 Å². The summed E-state index contributed by atoms with van der Waals surface area (Å²) in [5, 5.41) is 6.51. The van der Waals surface area contributed by atoms with Gasteiger partial charge in [-0.3, -0.25) is 4.90 Å². The number of hydrogen-bond donors (Lipinski definition) is 0. The van der Waals surface area contributed by atoms with Crippen LogP contribution < -0.4 is 9.80 Å². The zero-order chi connectivity index (χ0) is 18.0. The van der Waals surface area contributed by atoms with Gasteiger partial charge >= 0.3 is 12.1 Å². The van der Waals surface area contributed by atoms with Crippen LogP contribution in [0.3, 0.4) is 0 Å². The van der Waals surface area contributed by atoms with Crippen molar-refractivity contribution in [3.63, 3.8) is 0 Å². The molecule has 0 unspecified atom stereocenters. The fourth-order valence-electron chi connectivity index (χ4n) is 2.49. The molecule has 0 amide bonds. The summed E-state index contributed by atoms with van der Waals surface area (Å²) in [6.07, 6.45) is -2.90. The summed E-state index contributed by atoms with van der Waals surface area (Å²) in [5.74, 6) is 0.122. The molecule has 8 nitrogen and oxygen atoms in total. The van der Waals surface area contributed by atoms with Gasteiger partial charge in [-0.2, -0.15) is 18.2 Å². The first-order valence-corrected chi connectivity index (χ1v) is 7.70. The quantitative estimate of drug-likeness (QED) is 0.810. The molecule has 1 aliphatic heterocycles. The maximum Gasteiger partial charge on any atom is 0.470 e. The maximum absolute atomic E-state index is 12.5. The van der Waals surface area contributed by atoms with Gasteiger partial charge in [-0.25, -0.2) is 4.98 Å². The molecular weight excluding hydrogens is 339 g/mol. The standard InChI is InChI=1S/C14H18F3N7O/c1-22(2)13-18-4-3-10(19-13)24-7-5-23(6-8-24)9-11-20-21-12(25-11)14(15,16)17/h3-4H,5-9H2,1-2H3. The van der Waals surface area contributed by atoms with Crippen molar-refractivity contribution in [2.45, 2.75) is 12.7 Å². The van der Waals surface area contributed by atoms with Crippen molar-refractivity contribution in [3.8, 4) is 0 Å². The first-order chi connectivity index (χ1) is 11.8. The van der Waals surface area contributed by atoms with Gasteiger partial charge in [-0.1, -0.05) is 0 Å². The van der Waals surface area contributed by atoms with Gasteiger partial charge in [0.15, 0.2) is 0 Å². The monoisotopic (exact) mass is 357 g/mol. The van der Waals surface area contributed by atoms with Crippen LogP contribution in [0.1, 0.15) is 11.8 Å². The molecule has 0 aromatic carbocycles. The zero-order valence-electron chi connectivity index (χ0n) is 13.9. The van der Waals surface area contributed by atoms with Gasteiger partial charge < -0.3 is 14.2 Å². The van der Waals surface area contributed by atoms with Crippen LogP contribution in [0.5, 0.6) is 0 Å². The van der Waals surface area contributed by atoms with Crippen molar-refractivity contribution in [2.24, 2.45) is 0 Å². The third-order valence-electron chi connectivity index (χ3n) is 3.79. The molecule has 1 fully saturated rings. The molecule has 0 N–H and O–H groups in total. The van der Waals surface area contributed by atoms with Gasteiger partial charge in [0, 0.05) is 46.5 Å². The van der Waals surface area contributed by atoms with E-state index in [4.69, 9.17) is 0 Å². The molecule has 136 valence electrons. The summed E-state index contributed by atoms with van der Waals surface area (Å²) in [6, 6.07) is 1.84. The highest BCUT2D eigenvalue weighted by molar-refractivity contribution is 5.43. The molecule has 1 saturated heterocycles. The number of aromatic nitrogens is 4. The Kier molecular flexibility index (Phi) is 4.75. The normalized spacial score (nSPS) is 16.3. The highest BCUT2D eigenvalue weighted by atomic mass is 19.4. The summed E-state index contributed by atoms with van der Waals surface area (Å²) in [6.45, 7) is 2.91. The van der Waals surface area contributed by atoms with Gasteiger partial charge in [0.2, 0.25) is 11.8 Å². The van der Waals surface area contributed by atoms with Gasteiger partial charge in [-0.15, -0.1) is 10.2 Å². The molecule has 25 heavy (non-hydrogen) atoms. The first-order valence-electron chi connectivity index (χ1n) is 7.70. The van der Waals surface area contributed by atoms with Crippen LogP contribution in [-0.4, -0.2) is 65.3 Å². The Balaban J connectivity index is 1.57. The molecule has 0 radical (unpaired) electrons. The van der Waals surface area contributed by atoms with Crippen molar-refractivity contribution in [2.75, 3.05) is 50.1 Å². The fraction of sp³-hybridized carbons (Fsp3) is 0.571. The van der Waals surface area contributed by atoms with Crippen molar-refractivity contribution in [1.29, 1.82) is 0 Å². The minimum Gasteiger partial charge on any atom is -0.416 e. The van der Waals surface area contributed by atoms with Crippen molar-refractivity contribution >= 4 is 11.8 Å². The van der Waals surface area contributed by atoms with E-state index >= 15 is 0 Å². The number of rotatable bonds is 4. The van der Waals surface area contributed by atoms with Crippen molar-refractivity contribution in [1.82, 2.24) is 25.1 Å². The van der Waals surface area contributed by atoms with E-state index < -0.39 is 12.1 Å². The second-order valence-corrected chi connectivity index (χ2v) is 5.87. The molecule has 0 atom stereocenters. The predicted octanol–water partition coefficient (Wildman–Crippen LogP) is 1.27. The van der Waals surface area contributed by atoms with Crippen LogP contribution in [0.4, 0.5) is 24.9 Å². The van der Waals surface area contributed by atoms with E-state index in [1.54, 1.807) is 6.20 Å². The second kappa shape index (κ2) is 6.82. The lowest BCUT2D eigenvalue weighted by Crippen LogP contribution is -2.46. The Morgan fingerprint density at radius 3 is 2.48 bits per heavy atom. The van der Waals surface area contributed by atoms with Crippen LogP contribution >= 0.6 is 0 Å². The van der Waals surface area contributed by atoms with Crippen LogP contribution in [0.2, 0.25) is 0 Å². The molecule has 0 bridgehead atoms. The van der Waals surface area contributed by atoms with Gasteiger partial charge in [-0.05, 0) is 6.07 Å². The molecule has 0 spiro atoms. The lowest BCUT2D eigenvalue weighted by Gasteiger charge is -2.34. The van der Waals surface area contributed by atoms with Gasteiger partial charge in [0.25, 0.3) is 0 Å². The molecule has 0 saturated carbocycles. The number of nitrogens with zero attached hydrogens (tertiary/aromatic N) is 7. The molecule has 2 aromatic rings. The van der Waals surface area contributed by atoms with Gasteiger partial charge in [0.1, 0.15) is 5.82 Å². The minimum absolute atomic E-state index is 0.0299. The average molecular weight is 357 g/mol.